The van der Waals surface area contributed by atoms with Crippen LogP contribution in [0.25, 0.3) is 10.9 Å². The van der Waals surface area contributed by atoms with E-state index in [9.17, 15) is 9.18 Å². The quantitative estimate of drug-likeness (QED) is 0.792. The molecule has 1 fully saturated rings. The molecule has 4 nitrogen and oxygen atoms in total. The Balaban J connectivity index is 2.19. The monoisotopic (exact) mass is 247 g/mol. The van der Waals surface area contributed by atoms with E-state index in [-0.39, 0.29) is 11.2 Å². The second-order valence-electron chi connectivity index (χ2n) is 4.40. The van der Waals surface area contributed by atoms with E-state index in [1.807, 2.05) is 0 Å². The van der Waals surface area contributed by atoms with Gasteiger partial charge in [0.2, 0.25) is 0 Å². The molecule has 1 aromatic heterocycles. The van der Waals surface area contributed by atoms with E-state index in [1.165, 1.54) is 0 Å². The average Bonchev–Trinajstić information content (AvgIpc) is 2.40. The molecule has 2 N–H and O–H groups in total. The summed E-state index contributed by atoms with van der Waals surface area (Å²) >= 11 is 0. The molecule has 0 spiro atoms. The van der Waals surface area contributed by atoms with Crippen molar-refractivity contribution in [2.24, 2.45) is 0 Å². The molecular formula is C13H14FN3O. The first-order valence-electron chi connectivity index (χ1n) is 6.03. The van der Waals surface area contributed by atoms with Crippen molar-refractivity contribution in [1.82, 2.24) is 10.3 Å². The predicted octanol–water partition coefficient (Wildman–Crippen LogP) is 1.08. The number of anilines is 1. The molecule has 94 valence electrons. The Labute approximate surface area is 103 Å². The fourth-order valence-corrected chi connectivity index (χ4v) is 2.36. The number of piperazine rings is 1. The normalized spacial score (nSPS) is 16.2. The van der Waals surface area contributed by atoms with Gasteiger partial charge in [-0.05, 0) is 12.1 Å². The van der Waals surface area contributed by atoms with Gasteiger partial charge in [0.15, 0.2) is 5.82 Å². The predicted molar refractivity (Wildman–Crippen MR) is 69.6 cm³/mol. The molecular weight excluding hydrogens is 233 g/mol. The first kappa shape index (κ1) is 11.2. The van der Waals surface area contributed by atoms with Crippen molar-refractivity contribution in [2.75, 3.05) is 31.1 Å². The minimum absolute atomic E-state index is 0.162. The number of hydrogen-bond donors (Lipinski definition) is 2. The number of aromatic amines is 1. The number of aromatic nitrogens is 1. The number of hydrogen-bond acceptors (Lipinski definition) is 3. The summed E-state index contributed by atoms with van der Waals surface area (Å²) in [6.07, 6.45) is 0. The fourth-order valence-electron chi connectivity index (χ4n) is 2.36. The summed E-state index contributed by atoms with van der Waals surface area (Å²) in [6.45, 7) is 2.84. The molecule has 5 heteroatoms. The van der Waals surface area contributed by atoms with Gasteiger partial charge in [0, 0.05) is 31.6 Å². The highest BCUT2D eigenvalue weighted by Crippen LogP contribution is 2.22. The second-order valence-corrected chi connectivity index (χ2v) is 4.40. The van der Waals surface area contributed by atoms with Gasteiger partial charge >= 0.3 is 0 Å². The third-order valence-electron chi connectivity index (χ3n) is 3.27. The molecule has 0 amide bonds. The largest absolute Gasteiger partial charge is 0.362 e. The molecule has 0 aliphatic carbocycles. The van der Waals surface area contributed by atoms with Crippen molar-refractivity contribution in [1.29, 1.82) is 0 Å². The first-order chi connectivity index (χ1) is 8.77. The zero-order valence-corrected chi connectivity index (χ0v) is 9.87. The first-order valence-corrected chi connectivity index (χ1v) is 6.03. The SMILES string of the molecule is O=c1[nH]c2ccccc2c(F)c1N1CCNCC1. The van der Waals surface area contributed by atoms with Crippen LogP contribution in [0.3, 0.4) is 0 Å². The van der Waals surface area contributed by atoms with E-state index in [4.69, 9.17) is 0 Å². The maximum absolute atomic E-state index is 14.4. The van der Waals surface area contributed by atoms with E-state index in [2.05, 4.69) is 10.3 Å². The zero-order valence-electron chi connectivity index (χ0n) is 9.87. The minimum Gasteiger partial charge on any atom is -0.362 e. The molecule has 0 unspecified atom stereocenters. The van der Waals surface area contributed by atoms with Crippen LogP contribution < -0.4 is 15.8 Å². The summed E-state index contributed by atoms with van der Waals surface area (Å²) in [6, 6.07) is 6.95. The van der Waals surface area contributed by atoms with Crippen LogP contribution in [0.15, 0.2) is 29.1 Å². The van der Waals surface area contributed by atoms with Crippen LogP contribution in [0.5, 0.6) is 0 Å². The number of halogens is 1. The molecule has 3 rings (SSSR count). The van der Waals surface area contributed by atoms with Crippen molar-refractivity contribution in [2.45, 2.75) is 0 Å². The smallest absolute Gasteiger partial charge is 0.275 e. The van der Waals surface area contributed by atoms with E-state index in [0.717, 1.165) is 13.1 Å². The van der Waals surface area contributed by atoms with Gasteiger partial charge in [-0.15, -0.1) is 0 Å². The van der Waals surface area contributed by atoms with Crippen LogP contribution in [-0.4, -0.2) is 31.2 Å². The van der Waals surface area contributed by atoms with Crippen LogP contribution in [0.1, 0.15) is 0 Å². The van der Waals surface area contributed by atoms with Gasteiger partial charge in [-0.1, -0.05) is 12.1 Å². The summed E-state index contributed by atoms with van der Waals surface area (Å²) in [4.78, 5) is 16.5. The molecule has 18 heavy (non-hydrogen) atoms. The molecule has 2 aromatic rings. The second kappa shape index (κ2) is 4.42. The van der Waals surface area contributed by atoms with Gasteiger partial charge < -0.3 is 15.2 Å². The highest BCUT2D eigenvalue weighted by atomic mass is 19.1. The van der Waals surface area contributed by atoms with E-state index in [1.54, 1.807) is 29.2 Å². The average molecular weight is 247 g/mol. The number of benzene rings is 1. The fraction of sp³-hybridized carbons (Fsp3) is 0.308. The number of para-hydroxylation sites is 1. The topological polar surface area (TPSA) is 48.1 Å². The maximum atomic E-state index is 14.4. The van der Waals surface area contributed by atoms with Crippen LogP contribution in [0, 0.1) is 5.82 Å². The van der Waals surface area contributed by atoms with Crippen LogP contribution >= 0.6 is 0 Å². The number of nitrogens with zero attached hydrogens (tertiary/aromatic N) is 1. The summed E-state index contributed by atoms with van der Waals surface area (Å²) in [5.74, 6) is -0.420. The number of fused-ring (bicyclic) bond motifs is 1. The third kappa shape index (κ3) is 1.76. The van der Waals surface area contributed by atoms with E-state index < -0.39 is 5.82 Å². The van der Waals surface area contributed by atoms with Crippen LogP contribution in [0.2, 0.25) is 0 Å². The third-order valence-corrected chi connectivity index (χ3v) is 3.27. The Hall–Kier alpha value is -1.88. The molecule has 0 atom stereocenters. The van der Waals surface area contributed by atoms with E-state index in [0.29, 0.717) is 24.0 Å². The van der Waals surface area contributed by atoms with Crippen molar-refractivity contribution in [3.63, 3.8) is 0 Å². The number of rotatable bonds is 1. The standard InChI is InChI=1S/C13H14FN3O/c14-11-9-3-1-2-4-10(9)16-13(18)12(11)17-7-5-15-6-8-17/h1-4,15H,5-8H2,(H,16,18). The highest BCUT2D eigenvalue weighted by molar-refractivity contribution is 5.82. The summed E-state index contributed by atoms with van der Waals surface area (Å²) < 4.78 is 14.4. The number of H-pyrrole nitrogens is 1. The highest BCUT2D eigenvalue weighted by Gasteiger charge is 2.20. The Morgan fingerprint density at radius 1 is 1.17 bits per heavy atom. The summed E-state index contributed by atoms with van der Waals surface area (Å²) in [5.41, 5.74) is 0.349. The molecule has 0 bridgehead atoms. The Morgan fingerprint density at radius 3 is 2.67 bits per heavy atom. The van der Waals surface area contributed by atoms with Gasteiger partial charge in [0.25, 0.3) is 5.56 Å². The van der Waals surface area contributed by atoms with Crippen molar-refractivity contribution in [3.05, 3.63) is 40.4 Å². The molecule has 0 saturated carbocycles. The number of pyridine rings is 1. The van der Waals surface area contributed by atoms with Gasteiger partial charge in [0.05, 0.1) is 5.52 Å². The molecule has 2 heterocycles. The van der Waals surface area contributed by atoms with E-state index >= 15 is 0 Å². The van der Waals surface area contributed by atoms with Gasteiger partial charge in [-0.3, -0.25) is 4.79 Å². The Bertz CT molecular complexity index is 632. The van der Waals surface area contributed by atoms with Gasteiger partial charge in [0.1, 0.15) is 5.69 Å². The van der Waals surface area contributed by atoms with Gasteiger partial charge in [-0.2, -0.15) is 0 Å². The van der Waals surface area contributed by atoms with Crippen molar-refractivity contribution in [3.8, 4) is 0 Å². The summed E-state index contributed by atoms with van der Waals surface area (Å²) in [7, 11) is 0. The molecule has 0 radical (unpaired) electrons. The lowest BCUT2D eigenvalue weighted by Gasteiger charge is -2.29. The zero-order chi connectivity index (χ0) is 12.5. The van der Waals surface area contributed by atoms with Crippen LogP contribution in [0.4, 0.5) is 10.1 Å². The Morgan fingerprint density at radius 2 is 1.89 bits per heavy atom. The Kier molecular flexibility index (Phi) is 2.76. The lowest BCUT2D eigenvalue weighted by molar-refractivity contribution is 0.567. The molecule has 1 aliphatic heterocycles. The van der Waals surface area contributed by atoms with Crippen LogP contribution in [-0.2, 0) is 0 Å². The number of nitrogens with one attached hydrogen (secondary N) is 2. The maximum Gasteiger partial charge on any atom is 0.275 e. The molecule has 1 saturated heterocycles. The van der Waals surface area contributed by atoms with Crippen molar-refractivity contribution >= 4 is 16.6 Å². The molecule has 1 aliphatic rings. The van der Waals surface area contributed by atoms with Crippen molar-refractivity contribution < 1.29 is 4.39 Å². The van der Waals surface area contributed by atoms with Gasteiger partial charge in [-0.25, -0.2) is 4.39 Å². The lowest BCUT2D eigenvalue weighted by Crippen LogP contribution is -2.45. The minimum atomic E-state index is -0.420. The lowest BCUT2D eigenvalue weighted by atomic mass is 10.2. The summed E-state index contributed by atoms with van der Waals surface area (Å²) in [5, 5.41) is 3.65. The molecule has 1 aromatic carbocycles.